The highest BCUT2D eigenvalue weighted by Gasteiger charge is 2.34. The molecule has 156 valence electrons. The lowest BCUT2D eigenvalue weighted by atomic mass is 9.87. The van der Waals surface area contributed by atoms with E-state index in [9.17, 15) is 9.59 Å². The number of hydrogen-bond donors (Lipinski definition) is 0. The molecular weight excluding hydrogens is 356 g/mol. The highest BCUT2D eigenvalue weighted by molar-refractivity contribution is 5.72. The van der Waals surface area contributed by atoms with Crippen molar-refractivity contribution >= 4 is 11.9 Å². The van der Waals surface area contributed by atoms with Gasteiger partial charge in [-0.15, -0.1) is 0 Å². The van der Waals surface area contributed by atoms with E-state index < -0.39 is 0 Å². The Morgan fingerprint density at radius 2 is 1.11 bits per heavy atom. The van der Waals surface area contributed by atoms with Crippen molar-refractivity contribution in [3.8, 4) is 0 Å². The molecule has 2 heterocycles. The van der Waals surface area contributed by atoms with Crippen molar-refractivity contribution in [1.29, 1.82) is 0 Å². The Balaban J connectivity index is 1.60. The molecule has 8 heteroatoms. The number of rotatable bonds is 10. The molecule has 8 nitrogen and oxygen atoms in total. The number of ether oxygens (including phenoxy) is 6. The van der Waals surface area contributed by atoms with Crippen LogP contribution >= 0.6 is 0 Å². The van der Waals surface area contributed by atoms with E-state index in [2.05, 4.69) is 0 Å². The molecule has 0 saturated carbocycles. The van der Waals surface area contributed by atoms with Gasteiger partial charge in [-0.25, -0.2) is 0 Å². The topological polar surface area (TPSA) is 89.5 Å². The maximum Gasteiger partial charge on any atom is 0.305 e. The van der Waals surface area contributed by atoms with Gasteiger partial charge in [0.05, 0.1) is 37.3 Å². The van der Waals surface area contributed by atoms with Gasteiger partial charge in [0.15, 0.2) is 0 Å². The fourth-order valence-electron chi connectivity index (χ4n) is 3.00. The van der Waals surface area contributed by atoms with Crippen molar-refractivity contribution in [1.82, 2.24) is 0 Å². The Morgan fingerprint density at radius 3 is 1.44 bits per heavy atom. The Labute approximate surface area is 160 Å². The summed E-state index contributed by atoms with van der Waals surface area (Å²) < 4.78 is 32.0. The molecule has 0 amide bonds. The maximum absolute atomic E-state index is 11.9. The SMILES string of the molecule is CCC1(COC(=O)CCCC(=O)OCC2(CC)COCOC2)COCOC1. The van der Waals surface area contributed by atoms with Crippen LogP contribution in [0.5, 0.6) is 0 Å². The van der Waals surface area contributed by atoms with Crippen molar-refractivity contribution in [2.75, 3.05) is 53.2 Å². The lowest BCUT2D eigenvalue weighted by Gasteiger charge is -2.35. The van der Waals surface area contributed by atoms with Crippen molar-refractivity contribution in [2.45, 2.75) is 46.0 Å². The van der Waals surface area contributed by atoms with E-state index in [1.165, 1.54) is 0 Å². The van der Waals surface area contributed by atoms with Crippen LogP contribution in [0, 0.1) is 10.8 Å². The summed E-state index contributed by atoms with van der Waals surface area (Å²) in [4.78, 5) is 23.9. The van der Waals surface area contributed by atoms with Gasteiger partial charge >= 0.3 is 11.9 Å². The molecule has 0 aromatic heterocycles. The van der Waals surface area contributed by atoms with Crippen molar-refractivity contribution < 1.29 is 38.0 Å². The van der Waals surface area contributed by atoms with E-state index in [4.69, 9.17) is 28.4 Å². The van der Waals surface area contributed by atoms with Gasteiger partial charge in [-0.3, -0.25) is 9.59 Å². The molecule has 27 heavy (non-hydrogen) atoms. The smallest absolute Gasteiger partial charge is 0.305 e. The van der Waals surface area contributed by atoms with Crippen LogP contribution in [0.1, 0.15) is 46.0 Å². The molecule has 2 saturated heterocycles. The molecule has 0 radical (unpaired) electrons. The van der Waals surface area contributed by atoms with Gasteiger partial charge in [0, 0.05) is 12.8 Å². The minimum Gasteiger partial charge on any atom is -0.465 e. The Bertz CT molecular complexity index is 424. The fraction of sp³-hybridized carbons (Fsp3) is 0.895. The summed E-state index contributed by atoms with van der Waals surface area (Å²) in [6, 6.07) is 0. The van der Waals surface area contributed by atoms with Gasteiger partial charge in [0.25, 0.3) is 0 Å². The number of carbonyl (C=O) groups excluding carboxylic acids is 2. The van der Waals surface area contributed by atoms with E-state index >= 15 is 0 Å². The van der Waals surface area contributed by atoms with Gasteiger partial charge in [-0.1, -0.05) is 13.8 Å². The predicted octanol–water partition coefficient (Wildman–Crippen LogP) is 2.04. The van der Waals surface area contributed by atoms with Crippen LogP contribution < -0.4 is 0 Å². The monoisotopic (exact) mass is 388 g/mol. The highest BCUT2D eigenvalue weighted by Crippen LogP contribution is 2.28. The number of carbonyl (C=O) groups is 2. The highest BCUT2D eigenvalue weighted by atomic mass is 16.7. The van der Waals surface area contributed by atoms with E-state index in [1.807, 2.05) is 13.8 Å². The van der Waals surface area contributed by atoms with Crippen LogP contribution in [0.25, 0.3) is 0 Å². The molecule has 2 rings (SSSR count). The van der Waals surface area contributed by atoms with Gasteiger partial charge in [0.1, 0.15) is 26.8 Å². The standard InChI is InChI=1S/C19H32O8/c1-3-18(8-22-14-23-9-18)12-26-16(20)6-5-7-17(21)27-13-19(4-2)10-24-15-25-11-19/h3-15H2,1-2H3. The first-order valence-electron chi connectivity index (χ1n) is 9.65. The first-order valence-corrected chi connectivity index (χ1v) is 9.65. The maximum atomic E-state index is 11.9. The average molecular weight is 388 g/mol. The van der Waals surface area contributed by atoms with Crippen LogP contribution in [0.2, 0.25) is 0 Å². The zero-order valence-electron chi connectivity index (χ0n) is 16.5. The molecule has 2 aliphatic rings. The van der Waals surface area contributed by atoms with E-state index in [0.717, 1.165) is 12.8 Å². The van der Waals surface area contributed by atoms with Crippen LogP contribution in [0.4, 0.5) is 0 Å². The summed E-state index contributed by atoms with van der Waals surface area (Å²) in [6.07, 6.45) is 2.37. The summed E-state index contributed by atoms with van der Waals surface area (Å²) in [5, 5.41) is 0. The van der Waals surface area contributed by atoms with E-state index in [-0.39, 0.29) is 62.4 Å². The van der Waals surface area contributed by atoms with Crippen LogP contribution in [0.15, 0.2) is 0 Å². The molecule has 0 unspecified atom stereocenters. The van der Waals surface area contributed by atoms with Crippen LogP contribution in [-0.2, 0) is 38.0 Å². The third-order valence-electron chi connectivity index (χ3n) is 5.31. The Kier molecular flexibility index (Phi) is 8.95. The average Bonchev–Trinajstić information content (AvgIpc) is 2.72. The first kappa shape index (κ1) is 22.1. The number of hydrogen-bond acceptors (Lipinski definition) is 8. The molecule has 0 aromatic carbocycles. The lowest BCUT2D eigenvalue weighted by molar-refractivity contribution is -0.187. The van der Waals surface area contributed by atoms with Crippen molar-refractivity contribution in [3.63, 3.8) is 0 Å². The summed E-state index contributed by atoms with van der Waals surface area (Å²) in [5.74, 6) is -0.638. The summed E-state index contributed by atoms with van der Waals surface area (Å²) in [5.41, 5.74) is -0.545. The largest absolute Gasteiger partial charge is 0.465 e. The zero-order valence-corrected chi connectivity index (χ0v) is 16.5. The van der Waals surface area contributed by atoms with Gasteiger partial charge in [0.2, 0.25) is 0 Å². The molecule has 2 fully saturated rings. The molecule has 0 atom stereocenters. The molecule has 0 aromatic rings. The van der Waals surface area contributed by atoms with Crippen LogP contribution in [-0.4, -0.2) is 65.2 Å². The Hall–Kier alpha value is -1.22. The van der Waals surface area contributed by atoms with Gasteiger partial charge < -0.3 is 28.4 Å². The first-order chi connectivity index (χ1) is 13.0. The molecule has 0 N–H and O–H groups in total. The van der Waals surface area contributed by atoms with Gasteiger partial charge in [-0.05, 0) is 19.3 Å². The van der Waals surface area contributed by atoms with Gasteiger partial charge in [-0.2, -0.15) is 0 Å². The van der Waals surface area contributed by atoms with Crippen molar-refractivity contribution in [2.24, 2.45) is 10.8 Å². The second-order valence-corrected chi connectivity index (χ2v) is 7.51. The second kappa shape index (κ2) is 10.9. The molecule has 0 bridgehead atoms. The predicted molar refractivity (Wildman–Crippen MR) is 94.8 cm³/mol. The summed E-state index contributed by atoms with van der Waals surface area (Å²) in [6.45, 7) is 7.25. The van der Waals surface area contributed by atoms with E-state index in [1.54, 1.807) is 0 Å². The van der Waals surface area contributed by atoms with Crippen LogP contribution in [0.3, 0.4) is 0 Å². The third kappa shape index (κ3) is 7.03. The summed E-state index contributed by atoms with van der Waals surface area (Å²) in [7, 11) is 0. The minimum absolute atomic E-state index is 0.182. The lowest BCUT2D eigenvalue weighted by Crippen LogP contribution is -2.41. The van der Waals surface area contributed by atoms with Crippen molar-refractivity contribution in [3.05, 3.63) is 0 Å². The minimum atomic E-state index is -0.319. The Morgan fingerprint density at radius 1 is 0.741 bits per heavy atom. The molecule has 0 aliphatic carbocycles. The third-order valence-corrected chi connectivity index (χ3v) is 5.31. The second-order valence-electron chi connectivity index (χ2n) is 7.51. The normalized spacial score (nSPS) is 21.4. The fourth-order valence-corrected chi connectivity index (χ4v) is 3.00. The van der Waals surface area contributed by atoms with E-state index in [0.29, 0.717) is 32.8 Å². The molecule has 2 aliphatic heterocycles. The number of esters is 2. The zero-order chi connectivity index (χ0) is 19.6. The molecule has 0 spiro atoms. The summed E-state index contributed by atoms with van der Waals surface area (Å²) >= 11 is 0. The molecular formula is C19H32O8. The quantitative estimate of drug-likeness (QED) is 0.525.